The Labute approximate surface area is 228 Å². The van der Waals surface area contributed by atoms with Gasteiger partial charge in [-0.2, -0.15) is 0 Å². The van der Waals surface area contributed by atoms with Crippen molar-refractivity contribution in [2.75, 3.05) is 24.2 Å². The fourth-order valence-corrected chi connectivity index (χ4v) is 5.83. The molecule has 0 aliphatic heterocycles. The van der Waals surface area contributed by atoms with Crippen LogP contribution >= 0.6 is 11.8 Å². The van der Waals surface area contributed by atoms with E-state index in [2.05, 4.69) is 25.9 Å². The Balaban J connectivity index is 1.40. The molecule has 1 atom stereocenters. The number of ether oxygens (including phenoxy) is 1. The van der Waals surface area contributed by atoms with Crippen LogP contribution in [0.3, 0.4) is 0 Å². The zero-order valence-corrected chi connectivity index (χ0v) is 22.6. The Hall–Kier alpha value is -2.69. The topological polar surface area (TPSA) is 165 Å². The predicted octanol–water partition coefficient (Wildman–Crippen LogP) is 2.60. The first-order valence-corrected chi connectivity index (χ1v) is 15.1. The van der Waals surface area contributed by atoms with Gasteiger partial charge in [0.05, 0.1) is 19.3 Å². The van der Waals surface area contributed by atoms with Crippen LogP contribution in [0.2, 0.25) is 0 Å². The number of nitrogens with one attached hydrogen (secondary N) is 3. The monoisotopic (exact) mass is 588 g/mol. The lowest BCUT2D eigenvalue weighted by atomic mass is 9.83. The molecular formula is C23H30F2N6O6S2. The number of sulfonamides is 1. The van der Waals surface area contributed by atoms with Gasteiger partial charge < -0.3 is 15.4 Å². The third kappa shape index (κ3) is 8.65. The van der Waals surface area contributed by atoms with Gasteiger partial charge in [0.25, 0.3) is 12.3 Å². The maximum atomic E-state index is 13.3. The first-order valence-electron chi connectivity index (χ1n) is 12.7. The predicted molar refractivity (Wildman–Crippen MR) is 136 cm³/mol. The Morgan fingerprint density at radius 1 is 1.13 bits per heavy atom. The minimum absolute atomic E-state index is 0.0241. The van der Waals surface area contributed by atoms with E-state index in [0.29, 0.717) is 23.5 Å². The molecule has 214 valence electrons. The van der Waals surface area contributed by atoms with Gasteiger partial charge in [0, 0.05) is 11.9 Å². The van der Waals surface area contributed by atoms with E-state index >= 15 is 0 Å². The number of alkyl halides is 2. The van der Waals surface area contributed by atoms with E-state index in [1.54, 1.807) is 4.72 Å². The van der Waals surface area contributed by atoms with Gasteiger partial charge in [0.2, 0.25) is 21.6 Å². The lowest BCUT2D eigenvalue weighted by Crippen LogP contribution is -2.49. The van der Waals surface area contributed by atoms with E-state index in [1.165, 1.54) is 17.8 Å². The van der Waals surface area contributed by atoms with Crippen LogP contribution in [0.25, 0.3) is 0 Å². The molecule has 0 aromatic carbocycles. The zero-order chi connectivity index (χ0) is 27.8. The van der Waals surface area contributed by atoms with E-state index < -0.39 is 40.8 Å². The van der Waals surface area contributed by atoms with Gasteiger partial charge in [-0.3, -0.25) is 9.59 Å². The van der Waals surface area contributed by atoms with E-state index in [1.807, 2.05) is 0 Å². The number of aromatic nitrogens is 3. The van der Waals surface area contributed by atoms with Crippen LogP contribution in [0.15, 0.2) is 32.9 Å². The quantitative estimate of drug-likeness (QED) is 0.221. The fraction of sp³-hybridized carbons (Fsp3) is 0.609. The second-order valence-corrected chi connectivity index (χ2v) is 12.1. The number of hydrogen-bond donors (Lipinski definition) is 3. The Kier molecular flexibility index (Phi) is 10.2. The SMILES string of the molecule is O=C(N[C@H](C(=O)Nc1ccc(S(=O)(=O)NCC(F)F)cn1)C1CCCCC1)c1nonc1SCCOC1CC1. The molecule has 4 rings (SSSR count). The number of rotatable bonds is 14. The average molecular weight is 589 g/mol. The number of pyridine rings is 1. The van der Waals surface area contributed by atoms with Crippen LogP contribution in [-0.2, 0) is 19.6 Å². The third-order valence-electron chi connectivity index (χ3n) is 6.29. The van der Waals surface area contributed by atoms with E-state index in [0.717, 1.165) is 57.2 Å². The van der Waals surface area contributed by atoms with E-state index in [4.69, 9.17) is 9.37 Å². The molecule has 2 saturated carbocycles. The third-order valence-corrected chi connectivity index (χ3v) is 8.61. The molecule has 0 radical (unpaired) electrons. The van der Waals surface area contributed by atoms with Crippen molar-refractivity contribution in [3.05, 3.63) is 24.0 Å². The molecular weight excluding hydrogens is 558 g/mol. The highest BCUT2D eigenvalue weighted by atomic mass is 32.2. The van der Waals surface area contributed by atoms with Crippen LogP contribution in [0.4, 0.5) is 14.6 Å². The highest BCUT2D eigenvalue weighted by molar-refractivity contribution is 7.99. The lowest BCUT2D eigenvalue weighted by Gasteiger charge is -2.29. The van der Waals surface area contributed by atoms with Crippen LogP contribution < -0.4 is 15.4 Å². The van der Waals surface area contributed by atoms with Gasteiger partial charge >= 0.3 is 0 Å². The molecule has 2 amide bonds. The maximum Gasteiger partial charge on any atom is 0.277 e. The van der Waals surface area contributed by atoms with E-state index in [9.17, 15) is 26.8 Å². The molecule has 2 aliphatic rings. The summed E-state index contributed by atoms with van der Waals surface area (Å²) in [5, 5.41) is 13.2. The molecule has 3 N–H and O–H groups in total. The summed E-state index contributed by atoms with van der Waals surface area (Å²) in [4.78, 5) is 30.0. The molecule has 0 unspecified atom stereocenters. The smallest absolute Gasteiger partial charge is 0.277 e. The van der Waals surface area contributed by atoms with Gasteiger partial charge in [0.15, 0.2) is 5.03 Å². The summed E-state index contributed by atoms with van der Waals surface area (Å²) in [7, 11) is -4.18. The molecule has 2 aromatic heterocycles. The van der Waals surface area contributed by atoms with Crippen molar-refractivity contribution in [3.63, 3.8) is 0 Å². The molecule has 2 aliphatic carbocycles. The molecule has 12 nitrogen and oxygen atoms in total. The second-order valence-electron chi connectivity index (χ2n) is 9.30. The minimum Gasteiger partial charge on any atom is -0.377 e. The molecule has 39 heavy (non-hydrogen) atoms. The first-order chi connectivity index (χ1) is 18.7. The van der Waals surface area contributed by atoms with Gasteiger partial charge in [-0.05, 0) is 54.0 Å². The van der Waals surface area contributed by atoms with Crippen molar-refractivity contribution in [2.45, 2.75) is 73.4 Å². The zero-order valence-electron chi connectivity index (χ0n) is 21.0. The highest BCUT2D eigenvalue weighted by Crippen LogP contribution is 2.28. The molecule has 0 saturated heterocycles. The van der Waals surface area contributed by atoms with Crippen molar-refractivity contribution < 1.29 is 36.2 Å². The average Bonchev–Trinajstić information content (AvgIpc) is 3.63. The fourth-order valence-electron chi connectivity index (χ4n) is 4.15. The van der Waals surface area contributed by atoms with Crippen molar-refractivity contribution in [3.8, 4) is 0 Å². The number of carbonyl (C=O) groups is 2. The van der Waals surface area contributed by atoms with Crippen molar-refractivity contribution in [2.24, 2.45) is 5.92 Å². The largest absolute Gasteiger partial charge is 0.377 e. The first kappa shape index (κ1) is 29.3. The Bertz CT molecular complexity index is 1220. The van der Waals surface area contributed by atoms with Crippen LogP contribution in [0.5, 0.6) is 0 Å². The normalized spacial score (nSPS) is 17.2. The van der Waals surface area contributed by atoms with Gasteiger partial charge in [-0.1, -0.05) is 31.0 Å². The van der Waals surface area contributed by atoms with Crippen LogP contribution in [-0.4, -0.2) is 73.0 Å². The number of thioether (sulfide) groups is 1. The number of anilines is 1. The summed E-state index contributed by atoms with van der Waals surface area (Å²) >= 11 is 1.27. The van der Waals surface area contributed by atoms with Crippen molar-refractivity contribution >= 4 is 39.4 Å². The molecule has 2 heterocycles. The summed E-state index contributed by atoms with van der Waals surface area (Å²) in [5.41, 5.74) is -0.0241. The molecule has 2 fully saturated rings. The summed E-state index contributed by atoms with van der Waals surface area (Å²) < 4.78 is 61.2. The molecule has 0 spiro atoms. The summed E-state index contributed by atoms with van der Waals surface area (Å²) in [5.74, 6) is -0.668. The number of halogens is 2. The molecule has 16 heteroatoms. The highest BCUT2D eigenvalue weighted by Gasteiger charge is 2.33. The van der Waals surface area contributed by atoms with Crippen LogP contribution in [0, 0.1) is 5.92 Å². The summed E-state index contributed by atoms with van der Waals surface area (Å²) in [6, 6.07) is 1.47. The second kappa shape index (κ2) is 13.6. The van der Waals surface area contributed by atoms with Crippen molar-refractivity contribution in [1.82, 2.24) is 25.3 Å². The summed E-state index contributed by atoms with van der Waals surface area (Å²) in [6.07, 6.45) is 4.87. The van der Waals surface area contributed by atoms with Gasteiger partial charge in [-0.25, -0.2) is 31.5 Å². The van der Waals surface area contributed by atoms with Crippen LogP contribution in [0.1, 0.15) is 55.4 Å². The molecule has 0 bridgehead atoms. The number of hydrogen-bond acceptors (Lipinski definition) is 10. The molecule has 2 aromatic rings. The summed E-state index contributed by atoms with van der Waals surface area (Å²) in [6.45, 7) is -0.523. The van der Waals surface area contributed by atoms with Gasteiger partial charge in [0.1, 0.15) is 16.8 Å². The Morgan fingerprint density at radius 3 is 2.56 bits per heavy atom. The maximum absolute atomic E-state index is 13.3. The van der Waals surface area contributed by atoms with E-state index in [-0.39, 0.29) is 22.3 Å². The number of amides is 2. The standard InChI is InChI=1S/C23H30F2N6O6S2/c24-17(25)13-27-39(34,35)16-8-9-18(26-12-16)28-21(32)19(14-4-2-1-3-5-14)29-22(33)20-23(31-37-30-20)38-11-10-36-15-6-7-15/h8-9,12,14-15,17,19,27H,1-7,10-11,13H2,(H,29,33)(H,26,28,32)/t19-/m0/s1. The number of nitrogens with zero attached hydrogens (tertiary/aromatic N) is 3. The van der Waals surface area contributed by atoms with Crippen molar-refractivity contribution in [1.29, 1.82) is 0 Å². The number of carbonyl (C=O) groups excluding carboxylic acids is 2. The minimum atomic E-state index is -4.18. The lowest BCUT2D eigenvalue weighted by molar-refractivity contribution is -0.119. The Morgan fingerprint density at radius 2 is 1.90 bits per heavy atom. The van der Waals surface area contributed by atoms with Gasteiger partial charge in [-0.15, -0.1) is 0 Å².